The lowest BCUT2D eigenvalue weighted by Crippen LogP contribution is -2.46. The maximum Gasteiger partial charge on any atom is 0.338 e. The van der Waals surface area contributed by atoms with Crippen LogP contribution < -0.4 is 5.32 Å². The van der Waals surface area contributed by atoms with Crippen LogP contribution in [-0.4, -0.2) is 39.7 Å². The SMILES string of the molecule is CC(C)(C)OC(=O)c1cccc(NC2(C(=O)O)CCSC2)c1. The van der Waals surface area contributed by atoms with Crippen LogP contribution in [0.5, 0.6) is 0 Å². The average Bonchev–Trinajstić information content (AvgIpc) is 2.87. The highest BCUT2D eigenvalue weighted by Gasteiger charge is 2.42. The number of aliphatic carboxylic acids is 1. The van der Waals surface area contributed by atoms with E-state index in [4.69, 9.17) is 4.74 Å². The molecule has 1 saturated heterocycles. The Morgan fingerprint density at radius 3 is 2.64 bits per heavy atom. The highest BCUT2D eigenvalue weighted by Crippen LogP contribution is 2.32. The Kier molecular flexibility index (Phi) is 4.70. The molecule has 5 nitrogen and oxygen atoms in total. The fourth-order valence-corrected chi connectivity index (χ4v) is 3.55. The molecule has 0 aliphatic carbocycles. The molecule has 1 aromatic rings. The van der Waals surface area contributed by atoms with Crippen molar-refractivity contribution in [1.29, 1.82) is 0 Å². The van der Waals surface area contributed by atoms with Crippen molar-refractivity contribution in [2.45, 2.75) is 38.3 Å². The third-order valence-corrected chi connectivity index (χ3v) is 4.50. The van der Waals surface area contributed by atoms with Gasteiger partial charge in [-0.25, -0.2) is 9.59 Å². The van der Waals surface area contributed by atoms with Crippen LogP contribution in [0.4, 0.5) is 5.69 Å². The highest BCUT2D eigenvalue weighted by atomic mass is 32.2. The van der Waals surface area contributed by atoms with Crippen LogP contribution in [0.3, 0.4) is 0 Å². The number of ether oxygens (including phenoxy) is 1. The summed E-state index contributed by atoms with van der Waals surface area (Å²) in [6.45, 7) is 5.42. The van der Waals surface area contributed by atoms with Crippen molar-refractivity contribution in [2.75, 3.05) is 16.8 Å². The number of carboxylic acids is 1. The van der Waals surface area contributed by atoms with Gasteiger partial charge in [0.2, 0.25) is 0 Å². The molecule has 0 bridgehead atoms. The number of esters is 1. The number of carbonyl (C=O) groups excluding carboxylic acids is 1. The van der Waals surface area contributed by atoms with Crippen molar-refractivity contribution in [3.05, 3.63) is 29.8 Å². The summed E-state index contributed by atoms with van der Waals surface area (Å²) in [5.41, 5.74) is -0.498. The monoisotopic (exact) mass is 323 g/mol. The van der Waals surface area contributed by atoms with E-state index >= 15 is 0 Å². The molecule has 2 rings (SSSR count). The summed E-state index contributed by atoms with van der Waals surface area (Å²) in [4.78, 5) is 23.7. The summed E-state index contributed by atoms with van der Waals surface area (Å²) in [7, 11) is 0. The van der Waals surface area contributed by atoms with E-state index in [9.17, 15) is 14.7 Å². The third kappa shape index (κ3) is 3.94. The molecular formula is C16H21NO4S. The molecule has 0 radical (unpaired) electrons. The zero-order chi connectivity index (χ0) is 16.4. The molecule has 1 fully saturated rings. The van der Waals surface area contributed by atoms with Crippen LogP contribution in [0.1, 0.15) is 37.6 Å². The molecule has 22 heavy (non-hydrogen) atoms. The number of carboxylic acid groups (broad SMARTS) is 1. The summed E-state index contributed by atoms with van der Waals surface area (Å²) in [6.07, 6.45) is 0.559. The Hall–Kier alpha value is -1.69. The number of nitrogens with one attached hydrogen (secondary N) is 1. The van der Waals surface area contributed by atoms with Gasteiger partial charge < -0.3 is 15.2 Å². The molecule has 1 unspecified atom stereocenters. The molecule has 2 N–H and O–H groups in total. The van der Waals surface area contributed by atoms with E-state index in [1.165, 1.54) is 0 Å². The molecule has 0 spiro atoms. The van der Waals surface area contributed by atoms with E-state index in [2.05, 4.69) is 5.32 Å². The molecule has 0 aromatic heterocycles. The minimum atomic E-state index is -0.961. The first-order valence-electron chi connectivity index (χ1n) is 7.15. The van der Waals surface area contributed by atoms with Gasteiger partial charge in [-0.3, -0.25) is 0 Å². The van der Waals surface area contributed by atoms with Gasteiger partial charge in [-0.2, -0.15) is 11.8 Å². The molecule has 1 atom stereocenters. The van der Waals surface area contributed by atoms with Crippen molar-refractivity contribution in [1.82, 2.24) is 0 Å². The van der Waals surface area contributed by atoms with Gasteiger partial charge in [-0.05, 0) is 51.1 Å². The van der Waals surface area contributed by atoms with Crippen LogP contribution in [0.25, 0.3) is 0 Å². The number of hydrogen-bond acceptors (Lipinski definition) is 5. The normalized spacial score (nSPS) is 21.4. The van der Waals surface area contributed by atoms with Crippen LogP contribution >= 0.6 is 11.8 Å². The Morgan fingerprint density at radius 2 is 2.09 bits per heavy atom. The molecule has 6 heteroatoms. The lowest BCUT2D eigenvalue weighted by molar-refractivity contribution is -0.141. The molecule has 0 saturated carbocycles. The maximum atomic E-state index is 12.1. The lowest BCUT2D eigenvalue weighted by atomic mass is 9.98. The molecule has 120 valence electrons. The predicted molar refractivity (Wildman–Crippen MR) is 87.5 cm³/mol. The second-order valence-electron chi connectivity index (χ2n) is 6.40. The van der Waals surface area contributed by atoms with E-state index < -0.39 is 23.1 Å². The predicted octanol–water partition coefficient (Wildman–Crippen LogP) is 3.01. The van der Waals surface area contributed by atoms with Crippen molar-refractivity contribution in [3.63, 3.8) is 0 Å². The van der Waals surface area contributed by atoms with Crippen molar-refractivity contribution < 1.29 is 19.4 Å². The number of carbonyl (C=O) groups is 2. The first kappa shape index (κ1) is 16.7. The second-order valence-corrected chi connectivity index (χ2v) is 7.50. The number of hydrogen-bond donors (Lipinski definition) is 2. The van der Waals surface area contributed by atoms with Crippen molar-refractivity contribution in [3.8, 4) is 0 Å². The Balaban J connectivity index is 2.18. The number of thioether (sulfide) groups is 1. The number of benzene rings is 1. The fourth-order valence-electron chi connectivity index (χ4n) is 2.22. The van der Waals surface area contributed by atoms with Gasteiger partial charge in [0, 0.05) is 11.4 Å². The van der Waals surface area contributed by atoms with Gasteiger partial charge >= 0.3 is 11.9 Å². The minimum Gasteiger partial charge on any atom is -0.479 e. The van der Waals surface area contributed by atoms with Gasteiger partial charge in [0.25, 0.3) is 0 Å². The quantitative estimate of drug-likeness (QED) is 0.830. The fraction of sp³-hybridized carbons (Fsp3) is 0.500. The number of anilines is 1. The molecular weight excluding hydrogens is 302 g/mol. The third-order valence-electron chi connectivity index (χ3n) is 3.31. The molecule has 1 heterocycles. The lowest BCUT2D eigenvalue weighted by Gasteiger charge is -2.26. The zero-order valence-corrected chi connectivity index (χ0v) is 13.8. The van der Waals surface area contributed by atoms with E-state index in [0.29, 0.717) is 23.4 Å². The Morgan fingerprint density at radius 1 is 1.36 bits per heavy atom. The van der Waals surface area contributed by atoms with E-state index in [0.717, 1.165) is 5.75 Å². The zero-order valence-electron chi connectivity index (χ0n) is 13.0. The maximum absolute atomic E-state index is 12.1. The van der Waals surface area contributed by atoms with E-state index in [1.807, 2.05) is 20.8 Å². The summed E-state index contributed by atoms with van der Waals surface area (Å²) < 4.78 is 5.33. The average molecular weight is 323 g/mol. The molecule has 1 aromatic carbocycles. The van der Waals surface area contributed by atoms with E-state index in [1.54, 1.807) is 36.0 Å². The standard InChI is InChI=1S/C16H21NO4S/c1-15(2,3)21-13(18)11-5-4-6-12(9-11)17-16(14(19)20)7-8-22-10-16/h4-6,9,17H,7-8,10H2,1-3H3,(H,19,20). The highest BCUT2D eigenvalue weighted by molar-refractivity contribution is 7.99. The van der Waals surface area contributed by atoms with Gasteiger partial charge in [0.15, 0.2) is 0 Å². The first-order valence-corrected chi connectivity index (χ1v) is 8.30. The topological polar surface area (TPSA) is 75.6 Å². The van der Waals surface area contributed by atoms with Crippen LogP contribution in [0.15, 0.2) is 24.3 Å². The van der Waals surface area contributed by atoms with Crippen LogP contribution in [0, 0.1) is 0 Å². The largest absolute Gasteiger partial charge is 0.479 e. The molecule has 0 amide bonds. The van der Waals surface area contributed by atoms with E-state index in [-0.39, 0.29) is 0 Å². The van der Waals surface area contributed by atoms with Crippen molar-refractivity contribution in [2.24, 2.45) is 0 Å². The summed E-state index contributed by atoms with van der Waals surface area (Å²) in [5, 5.41) is 12.6. The summed E-state index contributed by atoms with van der Waals surface area (Å²) in [5.74, 6) is 0.0471. The van der Waals surface area contributed by atoms with Gasteiger partial charge in [-0.1, -0.05) is 6.07 Å². The van der Waals surface area contributed by atoms with Gasteiger partial charge in [-0.15, -0.1) is 0 Å². The van der Waals surface area contributed by atoms with Crippen molar-refractivity contribution >= 4 is 29.4 Å². The number of rotatable bonds is 4. The summed E-state index contributed by atoms with van der Waals surface area (Å²) >= 11 is 1.61. The minimum absolute atomic E-state index is 0.408. The van der Waals surface area contributed by atoms with Gasteiger partial charge in [0.1, 0.15) is 11.1 Å². The van der Waals surface area contributed by atoms with Crippen LogP contribution in [0.2, 0.25) is 0 Å². The van der Waals surface area contributed by atoms with Crippen LogP contribution in [-0.2, 0) is 9.53 Å². The molecule has 1 aliphatic rings. The Labute approximate surface area is 134 Å². The molecule has 1 aliphatic heterocycles. The summed E-state index contributed by atoms with van der Waals surface area (Å²) in [6, 6.07) is 6.79. The first-order chi connectivity index (χ1) is 10.2. The second kappa shape index (κ2) is 6.20. The smallest absolute Gasteiger partial charge is 0.338 e. The Bertz CT molecular complexity index is 574. The van der Waals surface area contributed by atoms with Gasteiger partial charge in [0.05, 0.1) is 5.56 Å².